The van der Waals surface area contributed by atoms with Gasteiger partial charge in [-0.15, -0.1) is 0 Å². The third-order valence-electron chi connectivity index (χ3n) is 6.56. The van der Waals surface area contributed by atoms with Gasteiger partial charge in [0.05, 0.1) is 44.2 Å². The maximum atomic E-state index is 12.5. The van der Waals surface area contributed by atoms with E-state index in [-0.39, 0.29) is 11.8 Å². The molecule has 0 aliphatic carbocycles. The van der Waals surface area contributed by atoms with Crippen molar-refractivity contribution in [1.29, 1.82) is 0 Å². The van der Waals surface area contributed by atoms with Crippen molar-refractivity contribution in [3.05, 3.63) is 59.7 Å². The molecule has 1 spiro atoms. The van der Waals surface area contributed by atoms with E-state index in [0.717, 1.165) is 61.5 Å². The molecule has 3 aliphatic rings. The predicted octanol–water partition coefficient (Wildman–Crippen LogP) is 3.23. The normalized spacial score (nSPS) is 27.5. The molecule has 0 amide bonds. The van der Waals surface area contributed by atoms with Crippen molar-refractivity contribution < 1.29 is 23.2 Å². The Kier molecular flexibility index (Phi) is 4.85. The van der Waals surface area contributed by atoms with Gasteiger partial charge in [0.1, 0.15) is 11.5 Å². The van der Waals surface area contributed by atoms with E-state index >= 15 is 0 Å². The molecule has 2 aromatic carbocycles. The first-order valence-electron chi connectivity index (χ1n) is 10.6. The SMILES string of the molecule is CC[NH+]1CCC2(CC1)Oc1ccccc1[C@H]1CC(c3ccc(OC(F)F)cc3)=NN12. The quantitative estimate of drug-likeness (QED) is 0.835. The van der Waals surface area contributed by atoms with E-state index in [9.17, 15) is 8.78 Å². The number of alkyl halides is 2. The molecule has 0 bridgehead atoms. The number of nitrogens with one attached hydrogen (secondary N) is 1. The first-order chi connectivity index (χ1) is 14.6. The van der Waals surface area contributed by atoms with Crippen molar-refractivity contribution in [1.82, 2.24) is 5.01 Å². The zero-order valence-electron chi connectivity index (χ0n) is 17.0. The summed E-state index contributed by atoms with van der Waals surface area (Å²) >= 11 is 0. The first kappa shape index (κ1) is 19.3. The summed E-state index contributed by atoms with van der Waals surface area (Å²) in [6.07, 6.45) is 2.62. The third-order valence-corrected chi connectivity index (χ3v) is 6.56. The maximum absolute atomic E-state index is 12.5. The smallest absolute Gasteiger partial charge is 0.387 e. The van der Waals surface area contributed by atoms with Crippen LogP contribution in [0.2, 0.25) is 0 Å². The van der Waals surface area contributed by atoms with E-state index in [2.05, 4.69) is 28.8 Å². The molecule has 7 heteroatoms. The van der Waals surface area contributed by atoms with Crippen molar-refractivity contribution >= 4 is 5.71 Å². The van der Waals surface area contributed by atoms with Crippen LogP contribution in [-0.4, -0.2) is 42.7 Å². The molecule has 5 nitrogen and oxygen atoms in total. The molecule has 158 valence electrons. The van der Waals surface area contributed by atoms with Crippen LogP contribution in [0, 0.1) is 0 Å². The zero-order valence-corrected chi connectivity index (χ0v) is 17.0. The average Bonchev–Trinajstić information content (AvgIpc) is 3.21. The molecule has 1 saturated heterocycles. The lowest BCUT2D eigenvalue weighted by molar-refractivity contribution is -0.906. The van der Waals surface area contributed by atoms with E-state index in [1.54, 1.807) is 29.2 Å². The van der Waals surface area contributed by atoms with E-state index in [4.69, 9.17) is 9.84 Å². The van der Waals surface area contributed by atoms with Crippen LogP contribution in [0.25, 0.3) is 0 Å². The van der Waals surface area contributed by atoms with Crippen LogP contribution in [0.15, 0.2) is 53.6 Å². The summed E-state index contributed by atoms with van der Waals surface area (Å²) in [5, 5.41) is 7.21. The fourth-order valence-electron chi connectivity index (χ4n) is 4.91. The molecular formula is C23H26F2N3O2+. The molecule has 0 aromatic heterocycles. The fraction of sp³-hybridized carbons (Fsp3) is 0.435. The highest BCUT2D eigenvalue weighted by atomic mass is 19.3. The number of quaternary nitrogens is 1. The Bertz CT molecular complexity index is 940. The number of ether oxygens (including phenoxy) is 2. The Morgan fingerprint density at radius 3 is 2.60 bits per heavy atom. The fourth-order valence-corrected chi connectivity index (χ4v) is 4.91. The molecule has 2 aromatic rings. The molecule has 3 heterocycles. The monoisotopic (exact) mass is 414 g/mol. The Morgan fingerprint density at radius 2 is 1.90 bits per heavy atom. The summed E-state index contributed by atoms with van der Waals surface area (Å²) in [6, 6.07) is 15.1. The number of nitrogens with zero attached hydrogens (tertiary/aromatic N) is 2. The van der Waals surface area contributed by atoms with E-state index in [1.165, 1.54) is 0 Å². The van der Waals surface area contributed by atoms with Gasteiger partial charge in [0.2, 0.25) is 5.72 Å². The van der Waals surface area contributed by atoms with Gasteiger partial charge >= 0.3 is 6.61 Å². The van der Waals surface area contributed by atoms with E-state index in [0.29, 0.717) is 0 Å². The van der Waals surface area contributed by atoms with Crippen LogP contribution in [-0.2, 0) is 0 Å². The van der Waals surface area contributed by atoms with Crippen LogP contribution < -0.4 is 14.4 Å². The van der Waals surface area contributed by atoms with Gasteiger partial charge in [0.25, 0.3) is 0 Å². The largest absolute Gasteiger partial charge is 0.466 e. The number of para-hydroxylation sites is 1. The van der Waals surface area contributed by atoms with Gasteiger partial charge in [-0.2, -0.15) is 13.9 Å². The summed E-state index contributed by atoms with van der Waals surface area (Å²) in [5.41, 5.74) is 2.62. The van der Waals surface area contributed by atoms with Gasteiger partial charge in [-0.05, 0) is 42.8 Å². The highest BCUT2D eigenvalue weighted by Crippen LogP contribution is 2.49. The first-order valence-corrected chi connectivity index (χ1v) is 10.6. The number of hydrogen-bond acceptors (Lipinski definition) is 4. The molecule has 0 saturated carbocycles. The Morgan fingerprint density at radius 1 is 1.17 bits per heavy atom. The van der Waals surface area contributed by atoms with Gasteiger partial charge in [0, 0.05) is 12.0 Å². The average molecular weight is 414 g/mol. The number of benzene rings is 2. The lowest BCUT2D eigenvalue weighted by Gasteiger charge is -2.50. The van der Waals surface area contributed by atoms with Crippen LogP contribution in [0.4, 0.5) is 8.78 Å². The van der Waals surface area contributed by atoms with Crippen LogP contribution in [0.1, 0.15) is 43.4 Å². The summed E-state index contributed by atoms with van der Waals surface area (Å²) in [5.74, 6) is 1.11. The minimum Gasteiger partial charge on any atom is -0.466 e. The van der Waals surface area contributed by atoms with Crippen molar-refractivity contribution in [2.45, 2.75) is 44.6 Å². The molecular weight excluding hydrogens is 388 g/mol. The van der Waals surface area contributed by atoms with Crippen LogP contribution in [0.3, 0.4) is 0 Å². The lowest BCUT2D eigenvalue weighted by Crippen LogP contribution is -3.13. The van der Waals surface area contributed by atoms with E-state index in [1.807, 2.05) is 12.1 Å². The second-order valence-electron chi connectivity index (χ2n) is 8.20. The Hall–Kier alpha value is -2.67. The van der Waals surface area contributed by atoms with Crippen molar-refractivity contribution in [2.24, 2.45) is 5.10 Å². The second-order valence-corrected chi connectivity index (χ2v) is 8.20. The molecule has 1 atom stereocenters. The molecule has 3 aliphatic heterocycles. The number of hydrogen-bond donors (Lipinski definition) is 1. The summed E-state index contributed by atoms with van der Waals surface area (Å²) in [7, 11) is 0. The number of halogens is 2. The number of fused-ring (bicyclic) bond motifs is 4. The number of rotatable bonds is 4. The van der Waals surface area contributed by atoms with Gasteiger partial charge in [-0.3, -0.25) is 0 Å². The Balaban J connectivity index is 1.47. The van der Waals surface area contributed by atoms with Crippen molar-refractivity contribution in [3.63, 3.8) is 0 Å². The standard InChI is InChI=1S/C23H25F2N3O2/c1-2-27-13-11-23(12-14-27)28-20(18-5-3-4-6-21(18)30-23)15-19(26-28)16-7-9-17(10-8-16)29-22(24)25/h3-10,20,22H,2,11-15H2,1H3/p+1/t20-/m1/s1. The minimum absolute atomic E-state index is 0.130. The van der Waals surface area contributed by atoms with Crippen molar-refractivity contribution in [3.8, 4) is 11.5 Å². The maximum Gasteiger partial charge on any atom is 0.387 e. The summed E-state index contributed by atoms with van der Waals surface area (Å²) < 4.78 is 36.0. The highest BCUT2D eigenvalue weighted by Gasteiger charge is 2.52. The van der Waals surface area contributed by atoms with E-state index < -0.39 is 12.3 Å². The van der Waals surface area contributed by atoms with Crippen LogP contribution >= 0.6 is 0 Å². The summed E-state index contributed by atoms with van der Waals surface area (Å²) in [6.45, 7) is 2.65. The molecule has 30 heavy (non-hydrogen) atoms. The number of piperidine rings is 1. The van der Waals surface area contributed by atoms with Gasteiger partial charge in [0.15, 0.2) is 0 Å². The van der Waals surface area contributed by atoms with Gasteiger partial charge in [-0.25, -0.2) is 5.01 Å². The molecule has 1 fully saturated rings. The predicted molar refractivity (Wildman–Crippen MR) is 109 cm³/mol. The number of likely N-dealkylation sites (tertiary alicyclic amines) is 1. The van der Waals surface area contributed by atoms with Gasteiger partial charge < -0.3 is 14.4 Å². The van der Waals surface area contributed by atoms with Crippen LogP contribution in [0.5, 0.6) is 11.5 Å². The minimum atomic E-state index is -2.82. The molecule has 0 radical (unpaired) electrons. The molecule has 1 N–H and O–H groups in total. The Labute approximate surface area is 174 Å². The zero-order chi connectivity index (χ0) is 20.7. The molecule has 5 rings (SSSR count). The lowest BCUT2D eigenvalue weighted by atomic mass is 9.90. The van der Waals surface area contributed by atoms with Crippen molar-refractivity contribution in [2.75, 3.05) is 19.6 Å². The molecule has 0 unspecified atom stereocenters. The summed E-state index contributed by atoms with van der Waals surface area (Å²) in [4.78, 5) is 1.60. The number of hydrazone groups is 1. The second kappa shape index (κ2) is 7.54. The van der Waals surface area contributed by atoms with Gasteiger partial charge in [-0.1, -0.05) is 18.2 Å². The topological polar surface area (TPSA) is 38.5 Å². The third kappa shape index (κ3) is 3.31. The highest BCUT2D eigenvalue weighted by molar-refractivity contribution is 6.02.